The van der Waals surface area contributed by atoms with Gasteiger partial charge in [-0.15, -0.1) is 0 Å². The topological polar surface area (TPSA) is 61.7 Å². The average molecular weight is 419 g/mol. The molecule has 0 aliphatic carbocycles. The fourth-order valence-electron chi connectivity index (χ4n) is 4.10. The van der Waals surface area contributed by atoms with E-state index in [-0.39, 0.29) is 6.61 Å². The lowest BCUT2D eigenvalue weighted by atomic mass is 10.1. The van der Waals surface area contributed by atoms with E-state index in [0.717, 1.165) is 51.3 Å². The molecule has 1 aromatic heterocycles. The Labute approximate surface area is 184 Å². The number of rotatable bonds is 9. The molecule has 1 saturated heterocycles. The Morgan fingerprint density at radius 3 is 2.42 bits per heavy atom. The van der Waals surface area contributed by atoms with Crippen LogP contribution in [0.2, 0.25) is 0 Å². The van der Waals surface area contributed by atoms with Gasteiger partial charge < -0.3 is 9.84 Å². The number of aliphatic hydroxyl groups is 1. The molecule has 0 saturated carbocycles. The second-order valence-corrected chi connectivity index (χ2v) is 7.95. The van der Waals surface area contributed by atoms with Crippen molar-refractivity contribution < 1.29 is 9.84 Å². The average Bonchev–Trinajstić information content (AvgIpc) is 2.81. The molecule has 0 spiro atoms. The van der Waals surface area contributed by atoms with E-state index in [1.807, 2.05) is 12.1 Å². The van der Waals surface area contributed by atoms with Crippen molar-refractivity contribution in [3.8, 4) is 11.8 Å². The molecule has 1 fully saturated rings. The summed E-state index contributed by atoms with van der Waals surface area (Å²) >= 11 is 0. The minimum absolute atomic E-state index is 0.230. The van der Waals surface area contributed by atoms with Crippen molar-refractivity contribution >= 4 is 0 Å². The molecular weight excluding hydrogens is 388 g/mol. The first-order chi connectivity index (χ1) is 15.3. The minimum atomic E-state index is 0.230. The van der Waals surface area contributed by atoms with Crippen molar-refractivity contribution in [2.45, 2.75) is 25.4 Å². The molecule has 1 aliphatic rings. The third-order valence-corrected chi connectivity index (χ3v) is 5.76. The first kappa shape index (κ1) is 21.4. The van der Waals surface area contributed by atoms with Crippen molar-refractivity contribution in [1.29, 1.82) is 0 Å². The molecule has 0 radical (unpaired) electrons. The molecular formula is C25H30N4O2. The van der Waals surface area contributed by atoms with E-state index < -0.39 is 0 Å². The van der Waals surface area contributed by atoms with Crippen molar-refractivity contribution in [2.24, 2.45) is 0 Å². The highest BCUT2D eigenvalue weighted by molar-refractivity contribution is 5.29. The maximum Gasteiger partial charge on any atom is 0.321 e. The Hall–Kier alpha value is -2.80. The predicted octanol–water partition coefficient (Wildman–Crippen LogP) is 3.38. The van der Waals surface area contributed by atoms with Crippen LogP contribution in [0.5, 0.6) is 11.8 Å². The van der Waals surface area contributed by atoms with Gasteiger partial charge in [-0.2, -0.15) is 0 Å². The standard InChI is InChI=1S/C25H30N4O2/c30-18-12-23-20-28(16-17-29(23)15-11-21-5-2-1-3-6-21)19-22-7-9-24(10-8-22)31-25-26-13-4-14-27-25/h1-10,13-14,23,30H,11-12,15-20H2/t23-/m0/s1. The zero-order valence-electron chi connectivity index (χ0n) is 17.8. The summed E-state index contributed by atoms with van der Waals surface area (Å²) < 4.78 is 5.68. The number of nitrogens with zero attached hydrogens (tertiary/aromatic N) is 4. The van der Waals surface area contributed by atoms with Crippen LogP contribution in [0.4, 0.5) is 0 Å². The molecule has 0 unspecified atom stereocenters. The van der Waals surface area contributed by atoms with Gasteiger partial charge in [-0.05, 0) is 42.2 Å². The van der Waals surface area contributed by atoms with E-state index in [1.54, 1.807) is 18.5 Å². The quantitative estimate of drug-likeness (QED) is 0.575. The van der Waals surface area contributed by atoms with Gasteiger partial charge in [0.1, 0.15) is 5.75 Å². The van der Waals surface area contributed by atoms with Crippen LogP contribution in [0, 0.1) is 0 Å². The first-order valence-corrected chi connectivity index (χ1v) is 10.9. The molecule has 1 atom stereocenters. The van der Waals surface area contributed by atoms with E-state index >= 15 is 0 Å². The molecule has 6 nitrogen and oxygen atoms in total. The first-order valence-electron chi connectivity index (χ1n) is 10.9. The SMILES string of the molecule is OCC[C@H]1CN(Cc2ccc(Oc3ncccn3)cc2)CCN1CCc1ccccc1. The number of hydrogen-bond acceptors (Lipinski definition) is 6. The van der Waals surface area contributed by atoms with Crippen LogP contribution < -0.4 is 4.74 Å². The lowest BCUT2D eigenvalue weighted by Crippen LogP contribution is -2.53. The van der Waals surface area contributed by atoms with Crippen LogP contribution >= 0.6 is 0 Å². The predicted molar refractivity (Wildman–Crippen MR) is 121 cm³/mol. The fourth-order valence-corrected chi connectivity index (χ4v) is 4.10. The fraction of sp³-hybridized carbons (Fsp3) is 0.360. The zero-order valence-corrected chi connectivity index (χ0v) is 17.8. The van der Waals surface area contributed by atoms with Gasteiger partial charge >= 0.3 is 6.01 Å². The third-order valence-electron chi connectivity index (χ3n) is 5.76. The summed E-state index contributed by atoms with van der Waals surface area (Å²) in [5.41, 5.74) is 2.62. The van der Waals surface area contributed by atoms with Crippen LogP contribution in [0.3, 0.4) is 0 Å². The van der Waals surface area contributed by atoms with Crippen LogP contribution in [0.1, 0.15) is 17.5 Å². The monoisotopic (exact) mass is 418 g/mol. The molecule has 6 heteroatoms. The van der Waals surface area contributed by atoms with Gasteiger partial charge in [0.05, 0.1) is 0 Å². The van der Waals surface area contributed by atoms with Crippen LogP contribution in [-0.4, -0.2) is 63.7 Å². The summed E-state index contributed by atoms with van der Waals surface area (Å²) in [6.45, 7) is 5.21. The van der Waals surface area contributed by atoms with Crippen molar-refractivity contribution in [3.63, 3.8) is 0 Å². The van der Waals surface area contributed by atoms with Crippen molar-refractivity contribution in [3.05, 3.63) is 84.2 Å². The largest absolute Gasteiger partial charge is 0.424 e. The third kappa shape index (κ3) is 6.34. The number of piperazine rings is 1. The summed E-state index contributed by atoms with van der Waals surface area (Å²) in [7, 11) is 0. The molecule has 1 N–H and O–H groups in total. The lowest BCUT2D eigenvalue weighted by molar-refractivity contribution is 0.0562. The summed E-state index contributed by atoms with van der Waals surface area (Å²) in [6, 6.07) is 21.3. The summed E-state index contributed by atoms with van der Waals surface area (Å²) in [5, 5.41) is 9.58. The number of aromatic nitrogens is 2. The Morgan fingerprint density at radius 2 is 1.68 bits per heavy atom. The Bertz CT molecular complexity index is 906. The van der Waals surface area contributed by atoms with E-state index in [1.165, 1.54) is 11.1 Å². The highest BCUT2D eigenvalue weighted by atomic mass is 16.5. The van der Waals surface area contributed by atoms with E-state index in [2.05, 4.69) is 62.2 Å². The molecule has 2 aromatic carbocycles. The maximum atomic E-state index is 9.58. The number of aliphatic hydroxyl groups excluding tert-OH is 1. The highest BCUT2D eigenvalue weighted by Crippen LogP contribution is 2.20. The molecule has 0 bridgehead atoms. The van der Waals surface area contributed by atoms with Gasteiger partial charge in [0, 0.05) is 57.8 Å². The van der Waals surface area contributed by atoms with Gasteiger partial charge in [0.2, 0.25) is 0 Å². The van der Waals surface area contributed by atoms with Gasteiger partial charge in [-0.1, -0.05) is 42.5 Å². The van der Waals surface area contributed by atoms with Crippen LogP contribution in [-0.2, 0) is 13.0 Å². The number of ether oxygens (including phenoxy) is 1. The second kappa shape index (κ2) is 11.0. The van der Waals surface area contributed by atoms with Crippen LogP contribution in [0.25, 0.3) is 0 Å². The Balaban J connectivity index is 1.30. The van der Waals surface area contributed by atoms with Crippen molar-refractivity contribution in [2.75, 3.05) is 32.8 Å². The Morgan fingerprint density at radius 1 is 0.903 bits per heavy atom. The molecule has 0 amide bonds. The molecule has 2 heterocycles. The molecule has 1 aliphatic heterocycles. The van der Waals surface area contributed by atoms with Gasteiger partial charge in [0.15, 0.2) is 0 Å². The van der Waals surface area contributed by atoms with E-state index in [4.69, 9.17) is 4.74 Å². The van der Waals surface area contributed by atoms with Crippen molar-refractivity contribution in [1.82, 2.24) is 19.8 Å². The van der Waals surface area contributed by atoms with E-state index in [0.29, 0.717) is 12.1 Å². The minimum Gasteiger partial charge on any atom is -0.424 e. The van der Waals surface area contributed by atoms with Gasteiger partial charge in [-0.3, -0.25) is 9.80 Å². The Kier molecular flexibility index (Phi) is 7.60. The highest BCUT2D eigenvalue weighted by Gasteiger charge is 2.26. The zero-order chi connectivity index (χ0) is 21.3. The molecule has 3 aromatic rings. The molecule has 31 heavy (non-hydrogen) atoms. The maximum absolute atomic E-state index is 9.58. The number of benzene rings is 2. The normalized spacial score (nSPS) is 17.5. The van der Waals surface area contributed by atoms with E-state index in [9.17, 15) is 5.11 Å². The summed E-state index contributed by atoms with van der Waals surface area (Å²) in [4.78, 5) is 13.2. The van der Waals surface area contributed by atoms with Crippen LogP contribution in [0.15, 0.2) is 73.1 Å². The number of hydrogen-bond donors (Lipinski definition) is 1. The smallest absolute Gasteiger partial charge is 0.321 e. The lowest BCUT2D eigenvalue weighted by Gasteiger charge is -2.41. The second-order valence-electron chi connectivity index (χ2n) is 7.95. The summed E-state index contributed by atoms with van der Waals surface area (Å²) in [6.07, 6.45) is 5.20. The summed E-state index contributed by atoms with van der Waals surface area (Å²) in [5.74, 6) is 0.735. The molecule has 162 valence electrons. The van der Waals surface area contributed by atoms with Gasteiger partial charge in [-0.25, -0.2) is 9.97 Å². The van der Waals surface area contributed by atoms with Gasteiger partial charge in [0.25, 0.3) is 0 Å². The molecule has 4 rings (SSSR count).